The van der Waals surface area contributed by atoms with Crippen LogP contribution >= 0.6 is 15.9 Å². The van der Waals surface area contributed by atoms with Crippen molar-refractivity contribution in [3.8, 4) is 5.75 Å². The number of ether oxygens (including phenoxy) is 1. The van der Waals surface area contributed by atoms with Gasteiger partial charge in [-0.25, -0.2) is 4.98 Å². The Bertz CT molecular complexity index is 397. The summed E-state index contributed by atoms with van der Waals surface area (Å²) in [7, 11) is 1.59. The van der Waals surface area contributed by atoms with Gasteiger partial charge in [0.1, 0.15) is 0 Å². The lowest BCUT2D eigenvalue weighted by atomic mass is 10.2. The number of aromatic nitrogens is 1. The summed E-state index contributed by atoms with van der Waals surface area (Å²) in [6, 6.07) is 3.61. The lowest BCUT2D eigenvalue weighted by Gasteiger charge is -2.17. The van der Waals surface area contributed by atoms with Gasteiger partial charge in [-0.3, -0.25) is 9.69 Å². The van der Waals surface area contributed by atoms with E-state index in [-0.39, 0.29) is 5.91 Å². The van der Waals surface area contributed by atoms with Crippen LogP contribution in [0.4, 0.5) is 5.82 Å². The Kier molecular flexibility index (Phi) is 3.43. The molecule has 0 aromatic carbocycles. The Morgan fingerprint density at radius 1 is 1.69 bits per heavy atom. The van der Waals surface area contributed by atoms with Crippen molar-refractivity contribution in [2.24, 2.45) is 5.92 Å². The topological polar surface area (TPSA) is 42.4 Å². The molecular formula is C11H13BrN2O2. The fourth-order valence-electron chi connectivity index (χ4n) is 1.83. The van der Waals surface area contributed by atoms with Crippen LogP contribution in [0.15, 0.2) is 18.3 Å². The molecule has 1 unspecified atom stereocenters. The summed E-state index contributed by atoms with van der Waals surface area (Å²) in [5, 5.41) is 0.838. The summed E-state index contributed by atoms with van der Waals surface area (Å²) in [5.41, 5.74) is 0. The van der Waals surface area contributed by atoms with E-state index in [1.165, 1.54) is 0 Å². The second-order valence-corrected chi connectivity index (χ2v) is 4.41. The van der Waals surface area contributed by atoms with E-state index in [9.17, 15) is 4.79 Å². The number of halogens is 1. The van der Waals surface area contributed by atoms with Crippen molar-refractivity contribution in [2.45, 2.75) is 6.42 Å². The van der Waals surface area contributed by atoms with E-state index >= 15 is 0 Å². The van der Waals surface area contributed by atoms with E-state index in [0.29, 0.717) is 30.5 Å². The monoisotopic (exact) mass is 284 g/mol. The third kappa shape index (κ3) is 2.04. The number of nitrogens with zero attached hydrogens (tertiary/aromatic N) is 2. The standard InChI is InChI=1S/C11H13BrN2O2/c1-16-9-3-2-4-13-11(9)14-7-8(6-12)5-10(14)15/h2-4,8H,5-7H2,1H3. The summed E-state index contributed by atoms with van der Waals surface area (Å²) < 4.78 is 5.21. The fourth-order valence-corrected chi connectivity index (χ4v) is 2.27. The number of anilines is 1. The zero-order valence-electron chi connectivity index (χ0n) is 9.02. The predicted molar refractivity (Wildman–Crippen MR) is 65.0 cm³/mol. The van der Waals surface area contributed by atoms with Crippen LogP contribution in [0, 0.1) is 5.92 Å². The van der Waals surface area contributed by atoms with Crippen molar-refractivity contribution < 1.29 is 9.53 Å². The van der Waals surface area contributed by atoms with Gasteiger partial charge in [0.05, 0.1) is 7.11 Å². The van der Waals surface area contributed by atoms with Crippen LogP contribution in [0.1, 0.15) is 6.42 Å². The highest BCUT2D eigenvalue weighted by atomic mass is 79.9. The second-order valence-electron chi connectivity index (χ2n) is 3.76. The molecule has 1 fully saturated rings. The molecule has 1 aliphatic rings. The Labute approximate surface area is 103 Å². The van der Waals surface area contributed by atoms with Crippen LogP contribution in [0.5, 0.6) is 5.75 Å². The smallest absolute Gasteiger partial charge is 0.228 e. The first-order valence-electron chi connectivity index (χ1n) is 5.11. The van der Waals surface area contributed by atoms with Crippen LogP contribution in [-0.4, -0.2) is 29.9 Å². The largest absolute Gasteiger partial charge is 0.493 e. The number of hydrogen-bond donors (Lipinski definition) is 0. The highest BCUT2D eigenvalue weighted by Gasteiger charge is 2.32. The Morgan fingerprint density at radius 2 is 2.50 bits per heavy atom. The average Bonchev–Trinajstić information content (AvgIpc) is 2.70. The van der Waals surface area contributed by atoms with Crippen molar-refractivity contribution in [1.82, 2.24) is 4.98 Å². The molecule has 1 amide bonds. The van der Waals surface area contributed by atoms with Crippen LogP contribution < -0.4 is 9.64 Å². The first kappa shape index (κ1) is 11.4. The fraction of sp³-hybridized carbons (Fsp3) is 0.455. The van der Waals surface area contributed by atoms with Gasteiger partial charge >= 0.3 is 0 Å². The Hall–Kier alpha value is -1.10. The third-order valence-electron chi connectivity index (χ3n) is 2.65. The van der Waals surface area contributed by atoms with Crippen LogP contribution in [-0.2, 0) is 4.79 Å². The quantitative estimate of drug-likeness (QED) is 0.796. The molecule has 1 aromatic rings. The molecule has 2 rings (SSSR count). The summed E-state index contributed by atoms with van der Waals surface area (Å²) in [6.07, 6.45) is 2.25. The SMILES string of the molecule is COc1cccnc1N1CC(CBr)CC1=O. The van der Waals surface area contributed by atoms with Gasteiger partial charge in [-0.2, -0.15) is 0 Å². The van der Waals surface area contributed by atoms with Gasteiger partial charge in [0.25, 0.3) is 0 Å². The maximum absolute atomic E-state index is 11.8. The first-order valence-corrected chi connectivity index (χ1v) is 6.23. The second kappa shape index (κ2) is 4.82. The Balaban J connectivity index is 2.27. The van der Waals surface area contributed by atoms with Crippen molar-refractivity contribution in [3.63, 3.8) is 0 Å². The molecule has 2 heterocycles. The molecule has 1 atom stereocenters. The molecule has 16 heavy (non-hydrogen) atoms. The summed E-state index contributed by atoms with van der Waals surface area (Å²) >= 11 is 3.41. The molecule has 0 aliphatic carbocycles. The highest BCUT2D eigenvalue weighted by molar-refractivity contribution is 9.09. The minimum atomic E-state index is 0.112. The van der Waals surface area contributed by atoms with Crippen molar-refractivity contribution in [3.05, 3.63) is 18.3 Å². The van der Waals surface area contributed by atoms with E-state index in [0.717, 1.165) is 5.33 Å². The molecule has 0 bridgehead atoms. The highest BCUT2D eigenvalue weighted by Crippen LogP contribution is 2.30. The van der Waals surface area contributed by atoms with Crippen molar-refractivity contribution in [1.29, 1.82) is 0 Å². The zero-order valence-corrected chi connectivity index (χ0v) is 10.6. The van der Waals surface area contributed by atoms with Crippen LogP contribution in [0.3, 0.4) is 0 Å². The van der Waals surface area contributed by atoms with E-state index in [1.807, 2.05) is 6.07 Å². The maximum atomic E-state index is 11.8. The van der Waals surface area contributed by atoms with Crippen LogP contribution in [0.2, 0.25) is 0 Å². The number of carbonyl (C=O) groups excluding carboxylic acids is 1. The van der Waals surface area contributed by atoms with Gasteiger partial charge < -0.3 is 4.74 Å². The van der Waals surface area contributed by atoms with Crippen molar-refractivity contribution in [2.75, 3.05) is 23.9 Å². The number of carbonyl (C=O) groups is 1. The zero-order chi connectivity index (χ0) is 11.5. The molecular weight excluding hydrogens is 272 g/mol. The number of rotatable bonds is 3. The summed E-state index contributed by atoms with van der Waals surface area (Å²) in [6.45, 7) is 0.706. The van der Waals surface area contributed by atoms with Gasteiger partial charge in [-0.05, 0) is 18.1 Å². The molecule has 1 saturated heterocycles. The summed E-state index contributed by atoms with van der Waals surface area (Å²) in [4.78, 5) is 17.7. The van der Waals surface area contributed by atoms with Gasteiger partial charge in [0.15, 0.2) is 11.6 Å². The molecule has 4 nitrogen and oxygen atoms in total. The molecule has 86 valence electrons. The van der Waals surface area contributed by atoms with E-state index < -0.39 is 0 Å². The van der Waals surface area contributed by atoms with E-state index in [1.54, 1.807) is 24.3 Å². The molecule has 1 aromatic heterocycles. The van der Waals surface area contributed by atoms with Gasteiger partial charge in [-0.15, -0.1) is 0 Å². The molecule has 5 heteroatoms. The lowest BCUT2D eigenvalue weighted by Crippen LogP contribution is -2.26. The molecule has 0 saturated carbocycles. The molecule has 0 N–H and O–H groups in total. The van der Waals surface area contributed by atoms with Gasteiger partial charge in [0.2, 0.25) is 5.91 Å². The summed E-state index contributed by atoms with van der Waals surface area (Å²) in [5.74, 6) is 1.74. The number of amides is 1. The minimum absolute atomic E-state index is 0.112. The molecule has 0 radical (unpaired) electrons. The average molecular weight is 285 g/mol. The van der Waals surface area contributed by atoms with Crippen molar-refractivity contribution >= 4 is 27.7 Å². The predicted octanol–water partition coefficient (Wildman–Crippen LogP) is 1.84. The number of alkyl halides is 1. The van der Waals surface area contributed by atoms with E-state index in [4.69, 9.17) is 4.74 Å². The number of pyridine rings is 1. The number of methoxy groups -OCH3 is 1. The normalized spacial score (nSPS) is 20.2. The lowest BCUT2D eigenvalue weighted by molar-refractivity contribution is -0.117. The third-order valence-corrected chi connectivity index (χ3v) is 3.57. The Morgan fingerprint density at radius 3 is 3.12 bits per heavy atom. The van der Waals surface area contributed by atoms with Gasteiger partial charge in [-0.1, -0.05) is 15.9 Å². The molecule has 0 spiro atoms. The number of hydrogen-bond acceptors (Lipinski definition) is 3. The first-order chi connectivity index (χ1) is 7.76. The minimum Gasteiger partial charge on any atom is -0.493 e. The molecule has 1 aliphatic heterocycles. The maximum Gasteiger partial charge on any atom is 0.228 e. The van der Waals surface area contributed by atoms with Crippen LogP contribution in [0.25, 0.3) is 0 Å². The van der Waals surface area contributed by atoms with Gasteiger partial charge in [0, 0.05) is 24.5 Å². The van der Waals surface area contributed by atoms with E-state index in [2.05, 4.69) is 20.9 Å².